The second-order valence-corrected chi connectivity index (χ2v) is 5.14. The summed E-state index contributed by atoms with van der Waals surface area (Å²) in [5.74, 6) is 0. The maximum absolute atomic E-state index is 5.81. The highest BCUT2D eigenvalue weighted by molar-refractivity contribution is 5.12. The van der Waals surface area contributed by atoms with Gasteiger partial charge >= 0.3 is 0 Å². The maximum atomic E-state index is 5.81. The molecule has 2 heteroatoms. The molecule has 2 nitrogen and oxygen atoms in total. The molecule has 2 aliphatic rings. The molecule has 0 heterocycles. The van der Waals surface area contributed by atoms with Gasteiger partial charge in [0.1, 0.15) is 0 Å². The van der Waals surface area contributed by atoms with E-state index in [1.54, 1.807) is 0 Å². The van der Waals surface area contributed by atoms with Crippen molar-refractivity contribution in [3.63, 3.8) is 0 Å². The molecule has 2 atom stereocenters. The predicted molar refractivity (Wildman–Crippen MR) is 58.4 cm³/mol. The Bertz CT molecular complexity index is 198. The van der Waals surface area contributed by atoms with Gasteiger partial charge < -0.3 is 10.1 Å². The fourth-order valence-electron chi connectivity index (χ4n) is 3.07. The van der Waals surface area contributed by atoms with Crippen molar-refractivity contribution in [3.8, 4) is 0 Å². The van der Waals surface area contributed by atoms with Crippen molar-refractivity contribution in [2.24, 2.45) is 5.41 Å². The van der Waals surface area contributed by atoms with E-state index in [0.717, 1.165) is 12.6 Å². The molecule has 1 spiro atoms. The SMILES string of the molecule is CCOC1CC(NC(C)C)C12CCC2. The number of nitrogens with one attached hydrogen (secondary N) is 1. The highest BCUT2D eigenvalue weighted by atomic mass is 16.5. The summed E-state index contributed by atoms with van der Waals surface area (Å²) in [6.45, 7) is 7.46. The van der Waals surface area contributed by atoms with Crippen molar-refractivity contribution in [2.45, 2.75) is 64.6 Å². The van der Waals surface area contributed by atoms with Crippen LogP contribution in [0.5, 0.6) is 0 Å². The molecule has 14 heavy (non-hydrogen) atoms. The first kappa shape index (κ1) is 10.4. The molecule has 2 aliphatic carbocycles. The first-order chi connectivity index (χ1) is 6.69. The van der Waals surface area contributed by atoms with Gasteiger partial charge in [0.15, 0.2) is 0 Å². The van der Waals surface area contributed by atoms with E-state index in [1.807, 2.05) is 0 Å². The Labute approximate surface area is 87.4 Å². The summed E-state index contributed by atoms with van der Waals surface area (Å²) in [7, 11) is 0. The van der Waals surface area contributed by atoms with E-state index >= 15 is 0 Å². The molecule has 0 bridgehead atoms. The summed E-state index contributed by atoms with van der Waals surface area (Å²) in [6.07, 6.45) is 5.94. The van der Waals surface area contributed by atoms with E-state index in [4.69, 9.17) is 4.74 Å². The van der Waals surface area contributed by atoms with E-state index < -0.39 is 0 Å². The minimum atomic E-state index is 0.528. The van der Waals surface area contributed by atoms with E-state index in [2.05, 4.69) is 26.1 Å². The van der Waals surface area contributed by atoms with Crippen molar-refractivity contribution < 1.29 is 4.74 Å². The molecule has 0 saturated heterocycles. The minimum absolute atomic E-state index is 0.528. The van der Waals surface area contributed by atoms with E-state index in [1.165, 1.54) is 25.7 Å². The van der Waals surface area contributed by atoms with Gasteiger partial charge in [-0.3, -0.25) is 0 Å². The van der Waals surface area contributed by atoms with Gasteiger partial charge in [0.25, 0.3) is 0 Å². The second-order valence-electron chi connectivity index (χ2n) is 5.14. The van der Waals surface area contributed by atoms with Gasteiger partial charge in [0.2, 0.25) is 0 Å². The van der Waals surface area contributed by atoms with Crippen LogP contribution < -0.4 is 5.32 Å². The van der Waals surface area contributed by atoms with E-state index in [-0.39, 0.29) is 0 Å². The van der Waals surface area contributed by atoms with Gasteiger partial charge in [-0.2, -0.15) is 0 Å². The zero-order chi connectivity index (χ0) is 10.2. The lowest BCUT2D eigenvalue weighted by Crippen LogP contribution is -2.67. The van der Waals surface area contributed by atoms with Crippen LogP contribution in [-0.4, -0.2) is 24.8 Å². The third kappa shape index (κ3) is 1.49. The van der Waals surface area contributed by atoms with Crippen LogP contribution in [0.3, 0.4) is 0 Å². The Hall–Kier alpha value is -0.0800. The van der Waals surface area contributed by atoms with Crippen molar-refractivity contribution in [3.05, 3.63) is 0 Å². The van der Waals surface area contributed by atoms with Crippen LogP contribution in [0.2, 0.25) is 0 Å². The lowest BCUT2D eigenvalue weighted by Gasteiger charge is -2.61. The monoisotopic (exact) mass is 197 g/mol. The van der Waals surface area contributed by atoms with Crippen LogP contribution in [-0.2, 0) is 4.74 Å². The average molecular weight is 197 g/mol. The molecule has 2 saturated carbocycles. The third-order valence-electron chi connectivity index (χ3n) is 3.97. The van der Waals surface area contributed by atoms with E-state index in [9.17, 15) is 0 Å². The molecule has 2 rings (SSSR count). The highest BCUT2D eigenvalue weighted by Crippen LogP contribution is 2.57. The third-order valence-corrected chi connectivity index (χ3v) is 3.97. The van der Waals surface area contributed by atoms with E-state index in [0.29, 0.717) is 17.6 Å². The number of hydrogen-bond acceptors (Lipinski definition) is 2. The predicted octanol–water partition coefficient (Wildman–Crippen LogP) is 2.33. The first-order valence-corrected chi connectivity index (χ1v) is 6.06. The van der Waals surface area contributed by atoms with Crippen molar-refractivity contribution in [2.75, 3.05) is 6.61 Å². The quantitative estimate of drug-likeness (QED) is 0.747. The van der Waals surface area contributed by atoms with Gasteiger partial charge in [-0.05, 0) is 26.2 Å². The fourth-order valence-corrected chi connectivity index (χ4v) is 3.07. The van der Waals surface area contributed by atoms with Gasteiger partial charge in [-0.1, -0.05) is 20.3 Å². The normalized spacial score (nSPS) is 34.3. The summed E-state index contributed by atoms with van der Waals surface area (Å²) in [6, 6.07) is 1.34. The molecular formula is C12H23NO. The lowest BCUT2D eigenvalue weighted by atomic mass is 9.51. The summed E-state index contributed by atoms with van der Waals surface area (Å²) >= 11 is 0. The summed E-state index contributed by atoms with van der Waals surface area (Å²) in [5, 5.41) is 3.68. The Kier molecular flexibility index (Phi) is 2.85. The number of ether oxygens (including phenoxy) is 1. The minimum Gasteiger partial charge on any atom is -0.378 e. The standard InChI is InChI=1S/C12H23NO/c1-4-14-11-8-10(13-9(2)3)12(11)6-5-7-12/h9-11,13H,4-8H2,1-3H3. The molecular weight excluding hydrogens is 174 g/mol. The van der Waals surface area contributed by atoms with Crippen molar-refractivity contribution in [1.82, 2.24) is 5.32 Å². The molecule has 0 aliphatic heterocycles. The Morgan fingerprint density at radius 1 is 1.43 bits per heavy atom. The summed E-state index contributed by atoms with van der Waals surface area (Å²) in [5.41, 5.74) is 0.528. The molecule has 1 N–H and O–H groups in total. The molecule has 82 valence electrons. The molecule has 0 amide bonds. The summed E-state index contributed by atoms with van der Waals surface area (Å²) in [4.78, 5) is 0. The maximum Gasteiger partial charge on any atom is 0.0661 e. The molecule has 0 aromatic heterocycles. The molecule has 2 fully saturated rings. The molecule has 0 radical (unpaired) electrons. The molecule has 0 aromatic carbocycles. The van der Waals surface area contributed by atoms with Crippen LogP contribution >= 0.6 is 0 Å². The first-order valence-electron chi connectivity index (χ1n) is 6.06. The van der Waals surface area contributed by atoms with Crippen molar-refractivity contribution >= 4 is 0 Å². The smallest absolute Gasteiger partial charge is 0.0661 e. The van der Waals surface area contributed by atoms with Gasteiger partial charge in [0.05, 0.1) is 6.10 Å². The van der Waals surface area contributed by atoms with Crippen LogP contribution in [0, 0.1) is 5.41 Å². The Morgan fingerprint density at radius 2 is 2.14 bits per heavy atom. The summed E-state index contributed by atoms with van der Waals surface area (Å²) < 4.78 is 5.81. The van der Waals surface area contributed by atoms with Crippen LogP contribution in [0.1, 0.15) is 46.5 Å². The number of rotatable bonds is 4. The van der Waals surface area contributed by atoms with Gasteiger partial charge in [-0.25, -0.2) is 0 Å². The Morgan fingerprint density at radius 3 is 2.57 bits per heavy atom. The zero-order valence-electron chi connectivity index (χ0n) is 9.68. The fraction of sp³-hybridized carbons (Fsp3) is 1.00. The van der Waals surface area contributed by atoms with Crippen LogP contribution in [0.4, 0.5) is 0 Å². The topological polar surface area (TPSA) is 21.3 Å². The Balaban J connectivity index is 1.90. The van der Waals surface area contributed by atoms with Gasteiger partial charge in [0, 0.05) is 24.1 Å². The number of hydrogen-bond donors (Lipinski definition) is 1. The molecule has 0 aromatic rings. The highest BCUT2D eigenvalue weighted by Gasteiger charge is 2.58. The molecule has 2 unspecified atom stereocenters. The zero-order valence-corrected chi connectivity index (χ0v) is 9.68. The lowest BCUT2D eigenvalue weighted by molar-refractivity contribution is -0.174. The average Bonchev–Trinajstić information content (AvgIpc) is 1.98. The largest absolute Gasteiger partial charge is 0.378 e. The second kappa shape index (κ2) is 3.82. The van der Waals surface area contributed by atoms with Crippen LogP contribution in [0.15, 0.2) is 0 Å². The van der Waals surface area contributed by atoms with Gasteiger partial charge in [-0.15, -0.1) is 0 Å². The van der Waals surface area contributed by atoms with Crippen LogP contribution in [0.25, 0.3) is 0 Å². The van der Waals surface area contributed by atoms with Crippen molar-refractivity contribution in [1.29, 1.82) is 0 Å².